The largest absolute Gasteiger partial charge is 0.309 e. The lowest BCUT2D eigenvalue weighted by molar-refractivity contribution is 0.650. The van der Waals surface area contributed by atoms with Crippen molar-refractivity contribution >= 4 is 65.3 Å². The number of aromatic nitrogens is 4. The lowest BCUT2D eigenvalue weighted by atomic mass is 9.75. The third-order valence-electron chi connectivity index (χ3n) is 15.5. The summed E-state index contributed by atoms with van der Waals surface area (Å²) in [6.07, 6.45) is 1.61. The van der Waals surface area contributed by atoms with Crippen LogP contribution in [0, 0.1) is 0 Å². The van der Waals surface area contributed by atoms with Gasteiger partial charge in [-0.2, -0.15) is 0 Å². The van der Waals surface area contributed by atoms with Crippen molar-refractivity contribution in [3.8, 4) is 56.0 Å². The molecule has 0 radical (unpaired) electrons. The van der Waals surface area contributed by atoms with E-state index in [0.29, 0.717) is 0 Å². The Hall–Kier alpha value is -9.38. The van der Waals surface area contributed by atoms with E-state index in [1.807, 2.05) is 0 Å². The Labute approximate surface area is 422 Å². The molecule has 0 bridgehead atoms. The second-order valence-corrected chi connectivity index (χ2v) is 19.6. The van der Waals surface area contributed by atoms with Crippen LogP contribution in [0.15, 0.2) is 249 Å². The van der Waals surface area contributed by atoms with Crippen LogP contribution < -0.4 is 0 Å². The van der Waals surface area contributed by atoms with E-state index in [1.54, 1.807) is 0 Å². The van der Waals surface area contributed by atoms with Gasteiger partial charge in [0, 0.05) is 50.3 Å². The van der Waals surface area contributed by atoms with Gasteiger partial charge in [-0.25, -0.2) is 9.97 Å². The smallest absolute Gasteiger partial charge is 0.130 e. The van der Waals surface area contributed by atoms with Gasteiger partial charge in [-0.15, -0.1) is 0 Å². The molecule has 1 aliphatic rings. The molecular formula is C69H46N4. The highest BCUT2D eigenvalue weighted by Gasteiger charge is 2.30. The highest BCUT2D eigenvalue weighted by molar-refractivity contribution is 6.28. The van der Waals surface area contributed by atoms with E-state index in [1.165, 1.54) is 98.9 Å². The molecule has 0 fully saturated rings. The fourth-order valence-corrected chi connectivity index (χ4v) is 12.3. The quantitative estimate of drug-likeness (QED) is 0.160. The van der Waals surface area contributed by atoms with Crippen molar-refractivity contribution in [2.45, 2.75) is 18.8 Å². The maximum atomic E-state index is 5.35. The van der Waals surface area contributed by atoms with Crippen LogP contribution in [0.2, 0.25) is 0 Å². The maximum Gasteiger partial charge on any atom is 0.130 e. The molecule has 0 N–H and O–H groups in total. The third-order valence-corrected chi connectivity index (χ3v) is 15.5. The normalized spacial score (nSPS) is 13.3. The predicted molar refractivity (Wildman–Crippen MR) is 304 cm³/mol. The van der Waals surface area contributed by atoms with E-state index in [9.17, 15) is 0 Å². The van der Waals surface area contributed by atoms with Gasteiger partial charge in [0.05, 0.1) is 33.3 Å². The molecule has 0 aliphatic heterocycles. The zero-order chi connectivity index (χ0) is 48.0. The molecule has 0 saturated heterocycles. The fraction of sp³-hybridized carbons (Fsp3) is 0.0435. The molecule has 3 aromatic heterocycles. The number of benzene rings is 11. The van der Waals surface area contributed by atoms with Crippen LogP contribution in [0.4, 0.5) is 0 Å². The van der Waals surface area contributed by atoms with Gasteiger partial charge in [-0.1, -0.05) is 194 Å². The Morgan fingerprint density at radius 2 is 0.973 bits per heavy atom. The van der Waals surface area contributed by atoms with Gasteiger partial charge in [0.15, 0.2) is 0 Å². The van der Waals surface area contributed by atoms with Crippen molar-refractivity contribution in [2.75, 3.05) is 0 Å². The second kappa shape index (κ2) is 16.6. The zero-order valence-corrected chi connectivity index (χ0v) is 40.0. The minimum Gasteiger partial charge on any atom is -0.309 e. The molecule has 14 aromatic rings. The minimum absolute atomic E-state index is 0.193. The van der Waals surface area contributed by atoms with Crippen LogP contribution in [0.25, 0.3) is 121 Å². The van der Waals surface area contributed by atoms with Gasteiger partial charge in [0.25, 0.3) is 0 Å². The van der Waals surface area contributed by atoms with Crippen LogP contribution in [-0.2, 0) is 12.8 Å². The summed E-state index contributed by atoms with van der Waals surface area (Å²) in [4.78, 5) is 10.6. The molecule has 342 valence electrons. The van der Waals surface area contributed by atoms with Gasteiger partial charge in [-0.3, -0.25) is 0 Å². The van der Waals surface area contributed by atoms with Crippen molar-refractivity contribution in [1.29, 1.82) is 0 Å². The van der Waals surface area contributed by atoms with Crippen molar-refractivity contribution < 1.29 is 0 Å². The molecule has 1 aliphatic carbocycles. The SMILES string of the molecule is c1ccc(-c2cccc(-n3c4ccccc4c4cc5c6c7c8c(ccc7ccc6n(-c6cccc(-c7ccccc7)c6)c5cc43)CC(Cc3nc(-c4ccccc4)c4ccccc4n3)c3ccccc3-8)c2)cc1. The number of para-hydroxylation sites is 2. The Bertz CT molecular complexity index is 4490. The van der Waals surface area contributed by atoms with Crippen LogP contribution in [0.1, 0.15) is 22.9 Å². The van der Waals surface area contributed by atoms with E-state index in [0.717, 1.165) is 52.2 Å². The topological polar surface area (TPSA) is 35.6 Å². The number of hydrogen-bond donors (Lipinski definition) is 0. The van der Waals surface area contributed by atoms with Crippen molar-refractivity contribution in [1.82, 2.24) is 19.1 Å². The lowest BCUT2D eigenvalue weighted by Gasteiger charge is -2.29. The maximum absolute atomic E-state index is 5.35. The Kier molecular flexibility index (Phi) is 9.43. The highest BCUT2D eigenvalue weighted by atomic mass is 15.0. The average molecular weight is 931 g/mol. The summed E-state index contributed by atoms with van der Waals surface area (Å²) in [7, 11) is 0. The lowest BCUT2D eigenvalue weighted by Crippen LogP contribution is -2.15. The molecule has 1 atom stereocenters. The number of rotatable bonds is 7. The number of hydrogen-bond acceptors (Lipinski definition) is 2. The summed E-state index contributed by atoms with van der Waals surface area (Å²) in [5.74, 6) is 1.07. The fourth-order valence-electron chi connectivity index (χ4n) is 12.3. The minimum atomic E-state index is 0.193. The van der Waals surface area contributed by atoms with E-state index in [4.69, 9.17) is 9.97 Å². The molecule has 11 aromatic carbocycles. The first kappa shape index (κ1) is 41.4. The first-order valence-corrected chi connectivity index (χ1v) is 25.4. The molecule has 4 nitrogen and oxygen atoms in total. The molecule has 73 heavy (non-hydrogen) atoms. The van der Waals surface area contributed by atoms with Crippen molar-refractivity contribution in [2.24, 2.45) is 0 Å². The monoisotopic (exact) mass is 930 g/mol. The third kappa shape index (κ3) is 6.68. The second-order valence-electron chi connectivity index (χ2n) is 19.6. The van der Waals surface area contributed by atoms with Crippen LogP contribution in [0.5, 0.6) is 0 Å². The summed E-state index contributed by atoms with van der Waals surface area (Å²) in [6.45, 7) is 0. The number of fused-ring (bicyclic) bond motifs is 13. The van der Waals surface area contributed by atoms with E-state index in [2.05, 4.69) is 258 Å². The van der Waals surface area contributed by atoms with Gasteiger partial charge in [0.1, 0.15) is 5.82 Å². The summed E-state index contributed by atoms with van der Waals surface area (Å²) >= 11 is 0. The number of nitrogens with zero attached hydrogens (tertiary/aromatic N) is 4. The first-order chi connectivity index (χ1) is 36.2. The molecule has 1 unspecified atom stereocenters. The molecule has 0 saturated carbocycles. The summed E-state index contributed by atoms with van der Waals surface area (Å²) < 4.78 is 4.99. The van der Waals surface area contributed by atoms with Crippen LogP contribution >= 0.6 is 0 Å². The van der Waals surface area contributed by atoms with E-state index >= 15 is 0 Å². The summed E-state index contributed by atoms with van der Waals surface area (Å²) in [5, 5.41) is 8.60. The summed E-state index contributed by atoms with van der Waals surface area (Å²) in [5.41, 5.74) is 20.2. The molecule has 4 heteroatoms. The van der Waals surface area contributed by atoms with Gasteiger partial charge in [0.2, 0.25) is 0 Å². The first-order valence-electron chi connectivity index (χ1n) is 25.4. The highest BCUT2D eigenvalue weighted by Crippen LogP contribution is 2.49. The van der Waals surface area contributed by atoms with Crippen molar-refractivity contribution in [3.63, 3.8) is 0 Å². The van der Waals surface area contributed by atoms with Gasteiger partial charge in [-0.05, 0) is 122 Å². The molecular weight excluding hydrogens is 885 g/mol. The summed E-state index contributed by atoms with van der Waals surface area (Å²) in [6, 6.07) is 91.0. The van der Waals surface area contributed by atoms with Gasteiger partial charge < -0.3 is 9.13 Å². The molecule has 0 amide bonds. The van der Waals surface area contributed by atoms with E-state index in [-0.39, 0.29) is 5.92 Å². The Balaban J connectivity index is 0.978. The molecule has 15 rings (SSSR count). The predicted octanol–water partition coefficient (Wildman–Crippen LogP) is 17.5. The zero-order valence-electron chi connectivity index (χ0n) is 40.0. The Morgan fingerprint density at radius 1 is 0.384 bits per heavy atom. The molecule has 0 spiro atoms. The van der Waals surface area contributed by atoms with E-state index < -0.39 is 0 Å². The standard InChI is InChI=1S/C69H46N4/c1-4-18-44(19-5-1)48-24-16-26-52(39-48)72-61-33-15-13-29-55(61)58-42-59-64(43-63(58)72)73(53-27-17-25-49(40-53)45-20-6-2-7-21-45)62-37-36-46-34-35-50-38-51(54-28-10-11-30-56(54)66(50)67(46)68(59)62)41-65-70-60-32-14-12-31-57(60)69(71-65)47-22-8-3-9-23-47/h1-37,39-40,42-43,51H,38,41H2. The van der Waals surface area contributed by atoms with Crippen LogP contribution in [-0.4, -0.2) is 19.1 Å². The van der Waals surface area contributed by atoms with Crippen molar-refractivity contribution in [3.05, 3.63) is 266 Å². The van der Waals surface area contributed by atoms with Gasteiger partial charge >= 0.3 is 0 Å². The van der Waals surface area contributed by atoms with Crippen LogP contribution in [0.3, 0.4) is 0 Å². The molecule has 3 heterocycles. The average Bonchev–Trinajstić information content (AvgIpc) is 4.00. The Morgan fingerprint density at radius 3 is 1.71 bits per heavy atom.